The molecular weight excluding hydrogens is 382 g/mol. The number of esters is 1. The summed E-state index contributed by atoms with van der Waals surface area (Å²) in [5.41, 5.74) is 1.21. The van der Waals surface area contributed by atoms with Crippen molar-refractivity contribution < 1.29 is 28.6 Å². The van der Waals surface area contributed by atoms with Crippen LogP contribution in [-0.2, 0) is 9.53 Å². The molecule has 7 nitrogen and oxygen atoms in total. The van der Waals surface area contributed by atoms with Crippen LogP contribution in [0.25, 0.3) is 0 Å². The molecule has 0 spiro atoms. The number of fused-ring (bicyclic) bond motifs is 2. The number of amides is 1. The summed E-state index contributed by atoms with van der Waals surface area (Å²) in [4.78, 5) is 37.3. The van der Waals surface area contributed by atoms with Crippen molar-refractivity contribution in [2.24, 2.45) is 0 Å². The number of Topliss-reactive ketones (excluding diaryl/α,β-unsaturated/α-hetero) is 1. The lowest BCUT2D eigenvalue weighted by atomic mass is 10.1. The SMILES string of the molecule is CC1Sc2ccc(C(=O)OCC(=O)c3ccc4c(c3)OCCO4)cc2NC1=O. The minimum absolute atomic E-state index is 0.114. The number of thioether (sulfide) groups is 1. The number of carbonyl (C=O) groups is 3. The van der Waals surface area contributed by atoms with Gasteiger partial charge in [0.1, 0.15) is 13.2 Å². The highest BCUT2D eigenvalue weighted by Gasteiger charge is 2.24. The fourth-order valence-corrected chi connectivity index (χ4v) is 3.78. The number of benzene rings is 2. The molecule has 0 saturated heterocycles. The van der Waals surface area contributed by atoms with Gasteiger partial charge in [0.15, 0.2) is 23.9 Å². The number of ether oxygens (including phenoxy) is 3. The standard InChI is InChI=1S/C20H17NO6S/c1-11-19(23)21-14-8-13(3-5-18(14)28-11)20(24)27-10-15(22)12-2-4-16-17(9-12)26-7-6-25-16/h2-5,8-9,11H,6-7,10H2,1H3,(H,21,23). The van der Waals surface area contributed by atoms with E-state index in [0.29, 0.717) is 36.0 Å². The molecule has 2 aromatic carbocycles. The molecule has 0 bridgehead atoms. The van der Waals surface area contributed by atoms with Gasteiger partial charge in [-0.3, -0.25) is 9.59 Å². The minimum Gasteiger partial charge on any atom is -0.486 e. The van der Waals surface area contributed by atoms with E-state index in [-0.39, 0.29) is 22.5 Å². The lowest BCUT2D eigenvalue weighted by Crippen LogP contribution is -2.26. The Kier molecular flexibility index (Phi) is 4.95. The lowest BCUT2D eigenvalue weighted by Gasteiger charge is -2.21. The van der Waals surface area contributed by atoms with Crippen LogP contribution in [0.3, 0.4) is 0 Å². The Bertz CT molecular complexity index is 973. The second-order valence-corrected chi connectivity index (χ2v) is 7.70. The van der Waals surface area contributed by atoms with Crippen molar-refractivity contribution in [3.05, 3.63) is 47.5 Å². The largest absolute Gasteiger partial charge is 0.486 e. The molecule has 0 fully saturated rings. The Morgan fingerprint density at radius 2 is 1.86 bits per heavy atom. The van der Waals surface area contributed by atoms with Gasteiger partial charge in [0, 0.05) is 10.5 Å². The van der Waals surface area contributed by atoms with E-state index in [2.05, 4.69) is 5.32 Å². The van der Waals surface area contributed by atoms with Gasteiger partial charge < -0.3 is 19.5 Å². The molecule has 1 unspecified atom stereocenters. The molecule has 1 amide bonds. The zero-order valence-corrected chi connectivity index (χ0v) is 15.8. The summed E-state index contributed by atoms with van der Waals surface area (Å²) in [6, 6.07) is 9.79. The number of anilines is 1. The zero-order valence-electron chi connectivity index (χ0n) is 15.0. The summed E-state index contributed by atoms with van der Waals surface area (Å²) in [5.74, 6) is -0.00647. The Hall–Kier alpha value is -3.00. The van der Waals surface area contributed by atoms with Crippen LogP contribution >= 0.6 is 11.8 Å². The van der Waals surface area contributed by atoms with E-state index in [0.717, 1.165) is 4.90 Å². The normalized spacial score (nSPS) is 17.3. The van der Waals surface area contributed by atoms with Crippen LogP contribution in [0.2, 0.25) is 0 Å². The Balaban J connectivity index is 1.41. The van der Waals surface area contributed by atoms with Crippen LogP contribution in [-0.4, -0.2) is 42.7 Å². The zero-order chi connectivity index (χ0) is 19.7. The van der Waals surface area contributed by atoms with Gasteiger partial charge in [0.05, 0.1) is 16.5 Å². The first-order chi connectivity index (χ1) is 13.5. The van der Waals surface area contributed by atoms with Gasteiger partial charge in [-0.05, 0) is 43.3 Å². The van der Waals surface area contributed by atoms with Crippen molar-refractivity contribution in [3.8, 4) is 11.5 Å². The Morgan fingerprint density at radius 1 is 1.11 bits per heavy atom. The predicted octanol–water partition coefficient (Wildman–Crippen LogP) is 2.93. The minimum atomic E-state index is -0.633. The number of ketones is 1. The van der Waals surface area contributed by atoms with Gasteiger partial charge in [-0.15, -0.1) is 11.8 Å². The van der Waals surface area contributed by atoms with Crippen molar-refractivity contribution in [2.45, 2.75) is 17.1 Å². The third-order valence-electron chi connectivity index (χ3n) is 4.34. The van der Waals surface area contributed by atoms with Crippen LogP contribution in [0.4, 0.5) is 5.69 Å². The van der Waals surface area contributed by atoms with Crippen LogP contribution in [0, 0.1) is 0 Å². The monoisotopic (exact) mass is 399 g/mol. The first kappa shape index (κ1) is 18.4. The van der Waals surface area contributed by atoms with Crippen LogP contribution < -0.4 is 14.8 Å². The quantitative estimate of drug-likeness (QED) is 0.624. The topological polar surface area (TPSA) is 90.9 Å². The third-order valence-corrected chi connectivity index (χ3v) is 5.52. The summed E-state index contributed by atoms with van der Waals surface area (Å²) >= 11 is 1.43. The maximum Gasteiger partial charge on any atom is 0.338 e. The smallest absolute Gasteiger partial charge is 0.338 e. The maximum atomic E-state index is 12.3. The summed E-state index contributed by atoms with van der Waals surface area (Å²) in [5, 5.41) is 2.58. The molecule has 0 radical (unpaired) electrons. The number of nitrogens with one attached hydrogen (secondary N) is 1. The summed E-state index contributed by atoms with van der Waals surface area (Å²) in [6.45, 7) is 2.31. The molecule has 0 saturated carbocycles. The molecular formula is C20H17NO6S. The third kappa shape index (κ3) is 3.68. The molecule has 2 aliphatic heterocycles. The number of rotatable bonds is 4. The molecule has 1 N–H and O–H groups in total. The van der Waals surface area contributed by atoms with Gasteiger partial charge in [0.2, 0.25) is 5.91 Å². The molecule has 28 heavy (non-hydrogen) atoms. The van der Waals surface area contributed by atoms with Gasteiger partial charge in [-0.1, -0.05) is 0 Å². The van der Waals surface area contributed by atoms with Crippen LogP contribution in [0.1, 0.15) is 27.6 Å². The number of hydrogen-bond acceptors (Lipinski definition) is 7. The lowest BCUT2D eigenvalue weighted by molar-refractivity contribution is -0.115. The molecule has 2 aliphatic rings. The van der Waals surface area contributed by atoms with Crippen molar-refractivity contribution >= 4 is 35.1 Å². The molecule has 1 atom stereocenters. The second-order valence-electron chi connectivity index (χ2n) is 6.32. The van der Waals surface area contributed by atoms with Gasteiger partial charge in [-0.25, -0.2) is 4.79 Å². The molecule has 2 heterocycles. The Morgan fingerprint density at radius 3 is 2.68 bits per heavy atom. The fourth-order valence-electron chi connectivity index (χ4n) is 2.85. The molecule has 0 aromatic heterocycles. The average Bonchev–Trinajstić information content (AvgIpc) is 2.72. The van der Waals surface area contributed by atoms with Gasteiger partial charge >= 0.3 is 5.97 Å². The first-order valence-corrected chi connectivity index (χ1v) is 9.61. The van der Waals surface area contributed by atoms with Crippen molar-refractivity contribution in [3.63, 3.8) is 0 Å². The summed E-state index contributed by atoms with van der Waals surface area (Å²) < 4.78 is 16.0. The highest BCUT2D eigenvalue weighted by atomic mass is 32.2. The van der Waals surface area contributed by atoms with E-state index in [4.69, 9.17) is 14.2 Å². The van der Waals surface area contributed by atoms with E-state index in [9.17, 15) is 14.4 Å². The number of hydrogen-bond donors (Lipinski definition) is 1. The molecule has 144 valence electrons. The summed E-state index contributed by atoms with van der Waals surface area (Å²) in [6.07, 6.45) is 0. The number of carbonyl (C=O) groups excluding carboxylic acids is 3. The first-order valence-electron chi connectivity index (χ1n) is 8.73. The van der Waals surface area contributed by atoms with E-state index >= 15 is 0 Å². The molecule has 0 aliphatic carbocycles. The maximum absolute atomic E-state index is 12.3. The highest BCUT2D eigenvalue weighted by Crippen LogP contribution is 2.36. The second kappa shape index (κ2) is 7.55. The molecule has 2 aromatic rings. The van der Waals surface area contributed by atoms with E-state index in [1.807, 2.05) is 6.92 Å². The highest BCUT2D eigenvalue weighted by molar-refractivity contribution is 8.00. The van der Waals surface area contributed by atoms with Crippen LogP contribution in [0.15, 0.2) is 41.3 Å². The van der Waals surface area contributed by atoms with E-state index in [1.165, 1.54) is 11.8 Å². The van der Waals surface area contributed by atoms with E-state index in [1.54, 1.807) is 36.4 Å². The average molecular weight is 399 g/mol. The fraction of sp³-hybridized carbons (Fsp3) is 0.250. The Labute approximate surface area is 165 Å². The van der Waals surface area contributed by atoms with Crippen molar-refractivity contribution in [1.29, 1.82) is 0 Å². The molecule has 8 heteroatoms. The van der Waals surface area contributed by atoms with Gasteiger partial charge in [0.25, 0.3) is 0 Å². The van der Waals surface area contributed by atoms with Crippen LogP contribution in [0.5, 0.6) is 11.5 Å². The van der Waals surface area contributed by atoms with Crippen molar-refractivity contribution in [2.75, 3.05) is 25.1 Å². The van der Waals surface area contributed by atoms with E-state index < -0.39 is 12.6 Å². The molecule has 4 rings (SSSR count). The van der Waals surface area contributed by atoms with Crippen molar-refractivity contribution in [1.82, 2.24) is 0 Å². The summed E-state index contributed by atoms with van der Waals surface area (Å²) in [7, 11) is 0. The predicted molar refractivity (Wildman–Crippen MR) is 102 cm³/mol. The van der Waals surface area contributed by atoms with Gasteiger partial charge in [-0.2, -0.15) is 0 Å².